The van der Waals surface area contributed by atoms with Crippen molar-refractivity contribution in [3.05, 3.63) is 87.8 Å². The highest BCUT2D eigenvalue weighted by Gasteiger charge is 2.33. The lowest BCUT2D eigenvalue weighted by molar-refractivity contribution is -0.137. The van der Waals surface area contributed by atoms with E-state index < -0.39 is 23.2 Å². The van der Waals surface area contributed by atoms with Gasteiger partial charge in [-0.2, -0.15) is 23.5 Å². The van der Waals surface area contributed by atoms with Crippen LogP contribution < -0.4 is 16.2 Å². The number of benzene rings is 2. The second-order valence-electron chi connectivity index (χ2n) is 12.1. The first-order chi connectivity index (χ1) is 22.0. The first-order valence-corrected chi connectivity index (χ1v) is 15.5. The number of nitrogens with one attached hydrogen (secondary N) is 2. The molecule has 0 saturated heterocycles. The number of halogens is 3. The second-order valence-corrected chi connectivity index (χ2v) is 12.1. The molecule has 0 aliphatic heterocycles. The van der Waals surface area contributed by atoms with Crippen LogP contribution in [0.25, 0.3) is 22.8 Å². The fraction of sp³-hybridized carbons (Fsp3) is 0.412. The molecule has 2 aromatic heterocycles. The third-order valence-corrected chi connectivity index (χ3v) is 9.14. The summed E-state index contributed by atoms with van der Waals surface area (Å²) in [7, 11) is 3.49. The first-order valence-electron chi connectivity index (χ1n) is 15.5. The number of alkyl halides is 3. The summed E-state index contributed by atoms with van der Waals surface area (Å²) >= 11 is 0. The third-order valence-electron chi connectivity index (χ3n) is 9.14. The van der Waals surface area contributed by atoms with Gasteiger partial charge in [0.15, 0.2) is 0 Å². The Morgan fingerprint density at radius 2 is 1.80 bits per heavy atom. The van der Waals surface area contributed by atoms with E-state index in [0.717, 1.165) is 55.5 Å². The van der Waals surface area contributed by atoms with Gasteiger partial charge < -0.3 is 10.6 Å². The van der Waals surface area contributed by atoms with Crippen LogP contribution in [0.15, 0.2) is 65.6 Å². The summed E-state index contributed by atoms with van der Waals surface area (Å²) in [5.41, 5.74) is -0.275. The summed E-state index contributed by atoms with van der Waals surface area (Å²) in [5.74, 6) is 0.922. The lowest BCUT2D eigenvalue weighted by Gasteiger charge is -2.32. The number of nitriles is 1. The van der Waals surface area contributed by atoms with Crippen LogP contribution in [0.4, 0.5) is 13.2 Å². The monoisotopic (exact) mass is 633 g/mol. The minimum Gasteiger partial charge on any atom is -0.352 e. The molecular weight excluding hydrogens is 595 g/mol. The molecule has 1 aliphatic rings. The van der Waals surface area contributed by atoms with Crippen molar-refractivity contribution in [2.75, 3.05) is 20.1 Å². The van der Waals surface area contributed by atoms with Gasteiger partial charge in [-0.05, 0) is 112 Å². The standard InChI is InChI=1S/C34H38F3N7O2/c1-22(15-17-39-2)25-11-7-24(8-12-25)21-40-32(45)30-31(29-16-18-41-43(29)27-13-9-23(20-38)10-14-27)42(3)44(33(30)46)28-6-4-5-26(19-28)34(35,36)37/h4-6,9-10,13-14,16,18-19,22,24-25,39H,7-8,11-12,15,17,21H2,1-3H3,(H,40,45). The van der Waals surface area contributed by atoms with Crippen LogP contribution >= 0.6 is 0 Å². The van der Waals surface area contributed by atoms with Crippen molar-refractivity contribution in [3.63, 3.8) is 0 Å². The van der Waals surface area contributed by atoms with Gasteiger partial charge in [-0.25, -0.2) is 9.36 Å². The van der Waals surface area contributed by atoms with Crippen molar-refractivity contribution in [2.24, 2.45) is 24.8 Å². The molecule has 1 aliphatic carbocycles. The number of rotatable bonds is 10. The Kier molecular flexibility index (Phi) is 9.82. The van der Waals surface area contributed by atoms with E-state index in [1.807, 2.05) is 7.05 Å². The second kappa shape index (κ2) is 13.8. The van der Waals surface area contributed by atoms with Crippen LogP contribution in [0.2, 0.25) is 0 Å². The molecule has 1 unspecified atom stereocenters. The molecule has 1 fully saturated rings. The average Bonchev–Trinajstić information content (AvgIpc) is 3.63. The predicted molar refractivity (Wildman–Crippen MR) is 169 cm³/mol. The number of hydrogen-bond acceptors (Lipinski definition) is 5. The summed E-state index contributed by atoms with van der Waals surface area (Å²) in [5, 5.41) is 19.8. The van der Waals surface area contributed by atoms with Crippen molar-refractivity contribution in [1.29, 1.82) is 5.26 Å². The van der Waals surface area contributed by atoms with Gasteiger partial charge in [-0.1, -0.05) is 13.0 Å². The van der Waals surface area contributed by atoms with Gasteiger partial charge in [0.1, 0.15) is 11.3 Å². The van der Waals surface area contributed by atoms with E-state index in [1.54, 1.807) is 30.3 Å². The number of amides is 1. The van der Waals surface area contributed by atoms with E-state index in [2.05, 4.69) is 28.7 Å². The van der Waals surface area contributed by atoms with Gasteiger partial charge in [-0.15, -0.1) is 0 Å². The lowest BCUT2D eigenvalue weighted by atomic mass is 9.75. The number of aromatic nitrogens is 4. The number of hydrogen-bond donors (Lipinski definition) is 2. The molecule has 0 bridgehead atoms. The number of nitrogens with zero attached hydrogens (tertiary/aromatic N) is 5. The third kappa shape index (κ3) is 6.79. The highest BCUT2D eigenvalue weighted by Crippen LogP contribution is 2.35. The molecule has 2 N–H and O–H groups in total. The van der Waals surface area contributed by atoms with Gasteiger partial charge in [0.2, 0.25) is 0 Å². The van der Waals surface area contributed by atoms with Crippen LogP contribution in [-0.2, 0) is 13.2 Å². The van der Waals surface area contributed by atoms with Crippen molar-refractivity contribution in [1.82, 2.24) is 29.8 Å². The molecule has 1 amide bonds. The molecule has 5 rings (SSSR count). The van der Waals surface area contributed by atoms with Crippen LogP contribution in [0.3, 0.4) is 0 Å². The minimum absolute atomic E-state index is 0.0298. The van der Waals surface area contributed by atoms with Crippen LogP contribution in [-0.4, -0.2) is 45.2 Å². The summed E-state index contributed by atoms with van der Waals surface area (Å²) < 4.78 is 44.9. The van der Waals surface area contributed by atoms with Crippen LogP contribution in [0.1, 0.15) is 60.5 Å². The zero-order valence-corrected chi connectivity index (χ0v) is 26.1. The zero-order valence-electron chi connectivity index (χ0n) is 26.1. The maximum absolute atomic E-state index is 14.0. The molecule has 0 spiro atoms. The van der Waals surface area contributed by atoms with Gasteiger partial charge in [0.05, 0.1) is 40.5 Å². The molecule has 0 radical (unpaired) electrons. The summed E-state index contributed by atoms with van der Waals surface area (Å²) in [6, 6.07) is 14.8. The van der Waals surface area contributed by atoms with Gasteiger partial charge in [0, 0.05) is 13.6 Å². The Bertz CT molecular complexity index is 1770. The molecule has 1 atom stereocenters. The summed E-state index contributed by atoms with van der Waals surface area (Å²) in [4.78, 5) is 27.9. The van der Waals surface area contributed by atoms with E-state index in [4.69, 9.17) is 0 Å². The fourth-order valence-corrected chi connectivity index (χ4v) is 6.47. The number of carbonyl (C=O) groups is 1. The summed E-state index contributed by atoms with van der Waals surface area (Å²) in [6.45, 7) is 3.67. The van der Waals surface area contributed by atoms with E-state index in [0.29, 0.717) is 35.3 Å². The molecule has 9 nitrogen and oxygen atoms in total. The zero-order chi connectivity index (χ0) is 33.0. The van der Waals surface area contributed by atoms with E-state index >= 15 is 0 Å². The maximum Gasteiger partial charge on any atom is 0.416 e. The van der Waals surface area contributed by atoms with E-state index in [1.165, 1.54) is 34.7 Å². The maximum atomic E-state index is 14.0. The molecule has 2 heterocycles. The Hall–Kier alpha value is -4.63. The largest absolute Gasteiger partial charge is 0.416 e. The molecule has 2 aromatic carbocycles. The van der Waals surface area contributed by atoms with Crippen LogP contribution in [0, 0.1) is 29.1 Å². The molecule has 242 valence electrons. The Morgan fingerprint density at radius 1 is 1.09 bits per heavy atom. The molecule has 12 heteroatoms. The topological polar surface area (TPSA) is 110 Å². The Labute approximate surface area is 265 Å². The predicted octanol–water partition coefficient (Wildman–Crippen LogP) is 5.70. The minimum atomic E-state index is -4.62. The van der Waals surface area contributed by atoms with E-state index in [9.17, 15) is 28.0 Å². The van der Waals surface area contributed by atoms with Gasteiger partial charge in [0.25, 0.3) is 11.5 Å². The number of carbonyl (C=O) groups excluding carboxylic acids is 1. The van der Waals surface area contributed by atoms with Gasteiger partial charge in [-0.3, -0.25) is 14.3 Å². The summed E-state index contributed by atoms with van der Waals surface area (Å²) in [6.07, 6.45) is 2.11. The van der Waals surface area contributed by atoms with Crippen LogP contribution in [0.5, 0.6) is 0 Å². The first kappa shape index (κ1) is 32.8. The fourth-order valence-electron chi connectivity index (χ4n) is 6.47. The molecule has 1 saturated carbocycles. The Morgan fingerprint density at radius 3 is 2.46 bits per heavy atom. The molecule has 46 heavy (non-hydrogen) atoms. The van der Waals surface area contributed by atoms with E-state index in [-0.39, 0.29) is 22.9 Å². The smallest absolute Gasteiger partial charge is 0.352 e. The quantitative estimate of drug-likeness (QED) is 0.233. The van der Waals surface area contributed by atoms with Crippen molar-refractivity contribution >= 4 is 5.91 Å². The van der Waals surface area contributed by atoms with Crippen molar-refractivity contribution in [2.45, 2.75) is 45.2 Å². The molecule has 4 aromatic rings. The van der Waals surface area contributed by atoms with Gasteiger partial charge >= 0.3 is 6.18 Å². The normalized spacial score (nSPS) is 17.4. The SMILES string of the molecule is CNCCC(C)C1CCC(CNC(=O)c2c(-c3ccnn3-c3ccc(C#N)cc3)n(C)n(-c3cccc(C(F)(F)F)c3)c2=O)CC1. The lowest BCUT2D eigenvalue weighted by Crippen LogP contribution is -2.35. The van der Waals surface area contributed by atoms with Crippen molar-refractivity contribution < 1.29 is 18.0 Å². The highest BCUT2D eigenvalue weighted by atomic mass is 19.4. The average molecular weight is 634 g/mol. The highest BCUT2D eigenvalue weighted by molar-refractivity contribution is 5.99. The Balaban J connectivity index is 1.49. The van der Waals surface area contributed by atoms with Crippen molar-refractivity contribution in [3.8, 4) is 28.8 Å². The molecular formula is C34H38F3N7O2.